The molecule has 0 saturated heterocycles. The Balaban J connectivity index is 3.37. The van der Waals surface area contributed by atoms with E-state index in [9.17, 15) is 0 Å². The molecule has 0 bridgehead atoms. The fourth-order valence-electron chi connectivity index (χ4n) is 0.340. The lowest BCUT2D eigenvalue weighted by atomic mass is 10.3. The molecule has 54 valence electrons. The monoisotopic (exact) mass is 131 g/mol. The van der Waals surface area contributed by atoms with Crippen LogP contribution in [0.15, 0.2) is 4.99 Å². The van der Waals surface area contributed by atoms with Gasteiger partial charge >= 0.3 is 0 Å². The van der Waals surface area contributed by atoms with E-state index in [4.69, 9.17) is 16.6 Å². The molecule has 0 radical (unpaired) electrons. The minimum Gasteiger partial charge on any atom is -0.391 e. The van der Waals surface area contributed by atoms with E-state index in [1.165, 1.54) is 0 Å². The largest absolute Gasteiger partial charge is 0.391 e. The fourth-order valence-corrected chi connectivity index (χ4v) is 0.340. The molecule has 0 spiro atoms. The number of hydrogen-bond acceptors (Lipinski definition) is 2. The predicted molar refractivity (Wildman–Crippen MR) is 37.0 cm³/mol. The molecule has 0 saturated carbocycles. The number of aliphatic hydroxyl groups excluding tert-OH is 1. The molecule has 0 fully saturated rings. The summed E-state index contributed by atoms with van der Waals surface area (Å²) in [7, 11) is 0. The van der Waals surface area contributed by atoms with Gasteiger partial charge in [0, 0.05) is 0 Å². The maximum atomic E-state index is 8.89. The summed E-state index contributed by atoms with van der Waals surface area (Å²) < 4.78 is 0. The number of nitrogens with two attached hydrogens (primary N) is 2. The van der Waals surface area contributed by atoms with Crippen LogP contribution in [0.25, 0.3) is 0 Å². The number of guanidine groups is 1. The zero-order valence-corrected chi connectivity index (χ0v) is 5.54. The Hall–Kier alpha value is -0.770. The summed E-state index contributed by atoms with van der Waals surface area (Å²) >= 11 is 0. The van der Waals surface area contributed by atoms with Gasteiger partial charge in [0.1, 0.15) is 0 Å². The first-order valence-corrected chi connectivity index (χ1v) is 2.90. The maximum Gasteiger partial charge on any atom is 0.185 e. The third-order valence-electron chi connectivity index (χ3n) is 0.956. The first-order chi connectivity index (χ1) is 4.16. The van der Waals surface area contributed by atoms with E-state index in [1.807, 2.05) is 6.92 Å². The van der Waals surface area contributed by atoms with Crippen LogP contribution in [0.5, 0.6) is 0 Å². The molecule has 1 atom stereocenters. The third-order valence-corrected chi connectivity index (χ3v) is 0.956. The summed E-state index contributed by atoms with van der Waals surface area (Å²) in [4.78, 5) is 3.62. The highest BCUT2D eigenvalue weighted by Gasteiger charge is 1.96. The summed E-state index contributed by atoms with van der Waals surface area (Å²) in [6.45, 7) is 2.17. The Labute approximate surface area is 54.6 Å². The minimum absolute atomic E-state index is 0.0301. The third kappa shape index (κ3) is 5.10. The summed E-state index contributed by atoms with van der Waals surface area (Å²) in [5, 5.41) is 8.89. The van der Waals surface area contributed by atoms with E-state index >= 15 is 0 Å². The van der Waals surface area contributed by atoms with Gasteiger partial charge in [-0.05, 0) is 6.42 Å². The van der Waals surface area contributed by atoms with Crippen molar-refractivity contribution in [3.63, 3.8) is 0 Å². The molecule has 0 aliphatic rings. The van der Waals surface area contributed by atoms with Crippen molar-refractivity contribution in [2.75, 3.05) is 6.54 Å². The van der Waals surface area contributed by atoms with Gasteiger partial charge in [0.25, 0.3) is 0 Å². The highest BCUT2D eigenvalue weighted by atomic mass is 16.3. The summed E-state index contributed by atoms with van der Waals surface area (Å²) in [6.07, 6.45) is 0.267. The smallest absolute Gasteiger partial charge is 0.185 e. The SMILES string of the molecule is CC[C@H](O)CN=C(N)N. The van der Waals surface area contributed by atoms with Gasteiger partial charge in [0.05, 0.1) is 12.6 Å². The quantitative estimate of drug-likeness (QED) is 0.340. The molecule has 0 rings (SSSR count). The normalized spacial score (nSPS) is 12.7. The number of rotatable bonds is 3. The van der Waals surface area contributed by atoms with Crippen LogP contribution >= 0.6 is 0 Å². The maximum absolute atomic E-state index is 8.89. The number of aliphatic imine (C=N–C) groups is 1. The molecule has 4 heteroatoms. The molecule has 0 heterocycles. The molecule has 0 aromatic heterocycles. The molecular formula is C5H13N3O. The van der Waals surface area contributed by atoms with Crippen molar-refractivity contribution < 1.29 is 5.11 Å². The van der Waals surface area contributed by atoms with Crippen LogP contribution < -0.4 is 11.5 Å². The molecular weight excluding hydrogens is 118 g/mol. The average Bonchev–Trinajstić information content (AvgIpc) is 1.83. The van der Waals surface area contributed by atoms with Crippen molar-refractivity contribution in [1.82, 2.24) is 0 Å². The molecule has 5 N–H and O–H groups in total. The van der Waals surface area contributed by atoms with Gasteiger partial charge in [0.15, 0.2) is 5.96 Å². The highest BCUT2D eigenvalue weighted by Crippen LogP contribution is 1.88. The van der Waals surface area contributed by atoms with Crippen molar-refractivity contribution in [1.29, 1.82) is 0 Å². The van der Waals surface area contributed by atoms with Crippen molar-refractivity contribution in [3.05, 3.63) is 0 Å². The lowest BCUT2D eigenvalue weighted by molar-refractivity contribution is 0.179. The topological polar surface area (TPSA) is 84.6 Å². The average molecular weight is 131 g/mol. The summed E-state index contributed by atoms with van der Waals surface area (Å²) in [5.74, 6) is 0.0301. The standard InChI is InChI=1S/C5H13N3O/c1-2-4(9)3-8-5(6)7/h4,9H,2-3H2,1H3,(H4,6,7,8)/t4-/m0/s1. The first-order valence-electron chi connectivity index (χ1n) is 2.90. The van der Waals surface area contributed by atoms with Crippen LogP contribution in [0.1, 0.15) is 13.3 Å². The zero-order chi connectivity index (χ0) is 7.28. The molecule has 0 amide bonds. The van der Waals surface area contributed by atoms with E-state index in [1.54, 1.807) is 0 Å². The van der Waals surface area contributed by atoms with E-state index in [-0.39, 0.29) is 5.96 Å². The number of aliphatic hydroxyl groups is 1. The van der Waals surface area contributed by atoms with Crippen molar-refractivity contribution in [2.24, 2.45) is 16.5 Å². The van der Waals surface area contributed by atoms with Crippen LogP contribution in [0.4, 0.5) is 0 Å². The second-order valence-corrected chi connectivity index (χ2v) is 1.83. The van der Waals surface area contributed by atoms with Gasteiger partial charge in [-0.15, -0.1) is 0 Å². The van der Waals surface area contributed by atoms with E-state index in [0.29, 0.717) is 13.0 Å². The van der Waals surface area contributed by atoms with Crippen molar-refractivity contribution in [3.8, 4) is 0 Å². The van der Waals surface area contributed by atoms with Gasteiger partial charge in [-0.2, -0.15) is 0 Å². The van der Waals surface area contributed by atoms with Gasteiger partial charge < -0.3 is 16.6 Å². The van der Waals surface area contributed by atoms with Crippen molar-refractivity contribution in [2.45, 2.75) is 19.4 Å². The second kappa shape index (κ2) is 4.14. The highest BCUT2D eigenvalue weighted by molar-refractivity contribution is 5.75. The first kappa shape index (κ1) is 8.23. The fraction of sp³-hybridized carbons (Fsp3) is 0.800. The van der Waals surface area contributed by atoms with Crippen LogP contribution in [-0.2, 0) is 0 Å². The lowest BCUT2D eigenvalue weighted by Gasteiger charge is -2.01. The molecule has 0 unspecified atom stereocenters. The second-order valence-electron chi connectivity index (χ2n) is 1.83. The molecule has 0 aliphatic heterocycles. The summed E-state index contributed by atoms with van der Waals surface area (Å²) in [6, 6.07) is 0. The Morgan fingerprint density at radius 3 is 2.56 bits per heavy atom. The van der Waals surface area contributed by atoms with Crippen molar-refractivity contribution >= 4 is 5.96 Å². The van der Waals surface area contributed by atoms with Crippen LogP contribution in [0.3, 0.4) is 0 Å². The Bertz CT molecular complexity index is 98.4. The van der Waals surface area contributed by atoms with Gasteiger partial charge in [-0.25, -0.2) is 0 Å². The van der Waals surface area contributed by atoms with Crippen LogP contribution in [0, 0.1) is 0 Å². The van der Waals surface area contributed by atoms with E-state index in [0.717, 1.165) is 0 Å². The number of nitrogens with zero attached hydrogens (tertiary/aromatic N) is 1. The van der Waals surface area contributed by atoms with E-state index < -0.39 is 6.10 Å². The number of hydrogen-bond donors (Lipinski definition) is 3. The Morgan fingerprint density at radius 2 is 2.22 bits per heavy atom. The Kier molecular flexibility index (Phi) is 3.79. The van der Waals surface area contributed by atoms with Crippen LogP contribution in [-0.4, -0.2) is 23.7 Å². The minimum atomic E-state index is -0.410. The van der Waals surface area contributed by atoms with Gasteiger partial charge in [0.2, 0.25) is 0 Å². The van der Waals surface area contributed by atoms with Crippen LogP contribution in [0.2, 0.25) is 0 Å². The van der Waals surface area contributed by atoms with Gasteiger partial charge in [-0.3, -0.25) is 4.99 Å². The summed E-state index contributed by atoms with van der Waals surface area (Å²) in [5.41, 5.74) is 10.0. The Morgan fingerprint density at radius 1 is 1.67 bits per heavy atom. The molecule has 0 aromatic rings. The van der Waals surface area contributed by atoms with E-state index in [2.05, 4.69) is 4.99 Å². The molecule has 0 aliphatic carbocycles. The molecule has 0 aromatic carbocycles. The molecule has 4 nitrogen and oxygen atoms in total. The predicted octanol–water partition coefficient (Wildman–Crippen LogP) is -0.969. The van der Waals surface area contributed by atoms with Gasteiger partial charge in [-0.1, -0.05) is 6.92 Å². The lowest BCUT2D eigenvalue weighted by Crippen LogP contribution is -2.24. The zero-order valence-electron chi connectivity index (χ0n) is 5.54. The molecule has 9 heavy (non-hydrogen) atoms.